The summed E-state index contributed by atoms with van der Waals surface area (Å²) in [6.45, 7) is 5.55. The predicted molar refractivity (Wildman–Crippen MR) is 82.8 cm³/mol. The number of hydrogen-bond donors (Lipinski definition) is 0. The van der Waals surface area contributed by atoms with Crippen LogP contribution < -0.4 is 0 Å². The smallest absolute Gasteiger partial charge is 0.217 e. The van der Waals surface area contributed by atoms with Crippen molar-refractivity contribution >= 4 is 10.0 Å². The fraction of sp³-hybridized carbons (Fsp3) is 1.00. The van der Waals surface area contributed by atoms with Gasteiger partial charge in [-0.3, -0.25) is 4.90 Å². The van der Waals surface area contributed by atoms with E-state index in [4.69, 9.17) is 4.74 Å². The molecule has 3 aliphatic rings. The molecule has 122 valence electrons. The summed E-state index contributed by atoms with van der Waals surface area (Å²) >= 11 is 0. The maximum atomic E-state index is 12.8. The van der Waals surface area contributed by atoms with Crippen LogP contribution in [0.2, 0.25) is 0 Å². The maximum absolute atomic E-state index is 12.8. The molecule has 3 saturated heterocycles. The Balaban J connectivity index is 1.69. The summed E-state index contributed by atoms with van der Waals surface area (Å²) in [7, 11) is -3.20. The Morgan fingerprint density at radius 2 is 2.00 bits per heavy atom. The highest BCUT2D eigenvalue weighted by atomic mass is 32.2. The first-order valence-electron chi connectivity index (χ1n) is 8.45. The molecule has 0 saturated carbocycles. The largest absolute Gasteiger partial charge is 0.377 e. The standard InChI is InChI=1S/C15H28N2O3S/c1-2-13-10-16-8-5-6-14(16)11-17(13)21(18,19)12-15-7-3-4-9-20-15/h13-15H,2-12H2,1H3/t13-,14-,15+/m1/s1. The molecular weight excluding hydrogens is 288 g/mol. The highest BCUT2D eigenvalue weighted by Gasteiger charge is 2.41. The van der Waals surface area contributed by atoms with Gasteiger partial charge in [-0.2, -0.15) is 4.31 Å². The van der Waals surface area contributed by atoms with Gasteiger partial charge in [0, 0.05) is 31.8 Å². The van der Waals surface area contributed by atoms with E-state index in [-0.39, 0.29) is 17.9 Å². The maximum Gasteiger partial charge on any atom is 0.217 e. The minimum absolute atomic E-state index is 0.0946. The number of fused-ring (bicyclic) bond motifs is 1. The molecule has 0 N–H and O–H groups in total. The van der Waals surface area contributed by atoms with Crippen LogP contribution in [0, 0.1) is 0 Å². The molecule has 3 rings (SSSR count). The third kappa shape index (κ3) is 3.44. The molecule has 0 aromatic rings. The third-order valence-electron chi connectivity index (χ3n) is 5.24. The van der Waals surface area contributed by atoms with Crippen LogP contribution in [0.15, 0.2) is 0 Å². The average Bonchev–Trinajstić information content (AvgIpc) is 2.93. The van der Waals surface area contributed by atoms with Gasteiger partial charge in [0.05, 0.1) is 11.9 Å². The molecule has 3 fully saturated rings. The zero-order valence-electron chi connectivity index (χ0n) is 13.0. The molecule has 6 heteroatoms. The topological polar surface area (TPSA) is 49.9 Å². The van der Waals surface area contributed by atoms with Crippen molar-refractivity contribution in [1.82, 2.24) is 9.21 Å². The number of nitrogens with zero attached hydrogens (tertiary/aromatic N) is 2. The van der Waals surface area contributed by atoms with Crippen LogP contribution >= 0.6 is 0 Å². The lowest BCUT2D eigenvalue weighted by molar-refractivity contribution is 0.0287. The van der Waals surface area contributed by atoms with Crippen LogP contribution in [-0.4, -0.2) is 67.8 Å². The van der Waals surface area contributed by atoms with Crippen LogP contribution in [-0.2, 0) is 14.8 Å². The van der Waals surface area contributed by atoms with Gasteiger partial charge < -0.3 is 4.74 Å². The minimum atomic E-state index is -3.20. The van der Waals surface area contributed by atoms with Crippen LogP contribution in [0.4, 0.5) is 0 Å². The molecule has 3 aliphatic heterocycles. The van der Waals surface area contributed by atoms with Gasteiger partial charge in [0.1, 0.15) is 0 Å². The van der Waals surface area contributed by atoms with Crippen molar-refractivity contribution in [3.8, 4) is 0 Å². The van der Waals surface area contributed by atoms with E-state index < -0.39 is 10.0 Å². The van der Waals surface area contributed by atoms with Crippen molar-refractivity contribution in [1.29, 1.82) is 0 Å². The molecule has 0 aromatic carbocycles. The molecule has 0 aromatic heterocycles. The Labute approximate surface area is 128 Å². The van der Waals surface area contributed by atoms with Crippen molar-refractivity contribution in [3.63, 3.8) is 0 Å². The summed E-state index contributed by atoms with van der Waals surface area (Å²) in [5.41, 5.74) is 0. The number of rotatable bonds is 4. The lowest BCUT2D eigenvalue weighted by Gasteiger charge is -2.43. The van der Waals surface area contributed by atoms with Gasteiger partial charge in [-0.25, -0.2) is 8.42 Å². The quantitative estimate of drug-likeness (QED) is 0.787. The second-order valence-electron chi connectivity index (χ2n) is 6.69. The zero-order valence-corrected chi connectivity index (χ0v) is 13.9. The highest BCUT2D eigenvalue weighted by molar-refractivity contribution is 7.89. The molecule has 0 unspecified atom stereocenters. The van der Waals surface area contributed by atoms with E-state index in [1.165, 1.54) is 6.42 Å². The lowest BCUT2D eigenvalue weighted by atomic mass is 10.1. The predicted octanol–water partition coefficient (Wildman–Crippen LogP) is 1.44. The first-order valence-corrected chi connectivity index (χ1v) is 10.1. The van der Waals surface area contributed by atoms with Crippen molar-refractivity contribution in [2.24, 2.45) is 0 Å². The molecule has 0 bridgehead atoms. The summed E-state index contributed by atoms with van der Waals surface area (Å²) in [6, 6.07) is 0.586. The number of piperazine rings is 1. The molecule has 0 aliphatic carbocycles. The van der Waals surface area contributed by atoms with Gasteiger partial charge in [0.15, 0.2) is 0 Å². The van der Waals surface area contributed by atoms with Crippen LogP contribution in [0.1, 0.15) is 45.4 Å². The van der Waals surface area contributed by atoms with E-state index in [1.54, 1.807) is 4.31 Å². The third-order valence-corrected chi connectivity index (χ3v) is 7.20. The second kappa shape index (κ2) is 6.52. The normalized spacial score (nSPS) is 35.8. The molecule has 3 atom stereocenters. The Bertz CT molecular complexity index is 448. The van der Waals surface area contributed by atoms with Gasteiger partial charge in [-0.15, -0.1) is 0 Å². The minimum Gasteiger partial charge on any atom is -0.377 e. The van der Waals surface area contributed by atoms with Gasteiger partial charge in [0.25, 0.3) is 0 Å². The van der Waals surface area contributed by atoms with E-state index >= 15 is 0 Å². The molecule has 3 heterocycles. The fourth-order valence-electron chi connectivity index (χ4n) is 4.00. The lowest BCUT2D eigenvalue weighted by Crippen LogP contribution is -2.58. The summed E-state index contributed by atoms with van der Waals surface area (Å²) in [5.74, 6) is 0.177. The summed E-state index contributed by atoms with van der Waals surface area (Å²) in [5, 5.41) is 0. The van der Waals surface area contributed by atoms with E-state index in [0.717, 1.165) is 45.2 Å². The monoisotopic (exact) mass is 316 g/mol. The summed E-state index contributed by atoms with van der Waals surface area (Å²) < 4.78 is 33.1. The average molecular weight is 316 g/mol. The van der Waals surface area contributed by atoms with E-state index in [1.807, 2.05) is 0 Å². The van der Waals surface area contributed by atoms with E-state index in [9.17, 15) is 8.42 Å². The first kappa shape index (κ1) is 15.7. The number of hydrogen-bond acceptors (Lipinski definition) is 4. The SMILES string of the molecule is CC[C@@H]1CN2CCC[C@@H]2CN1S(=O)(=O)C[C@@H]1CCCCO1. The van der Waals surface area contributed by atoms with Crippen LogP contribution in [0.25, 0.3) is 0 Å². The van der Waals surface area contributed by atoms with Crippen molar-refractivity contribution in [2.75, 3.05) is 32.0 Å². The second-order valence-corrected chi connectivity index (χ2v) is 8.66. The van der Waals surface area contributed by atoms with Crippen molar-refractivity contribution < 1.29 is 13.2 Å². The Morgan fingerprint density at radius 1 is 1.14 bits per heavy atom. The number of ether oxygens (including phenoxy) is 1. The summed E-state index contributed by atoms with van der Waals surface area (Å²) in [6.07, 6.45) is 6.20. The molecule has 5 nitrogen and oxygen atoms in total. The van der Waals surface area contributed by atoms with Crippen molar-refractivity contribution in [3.05, 3.63) is 0 Å². The molecule has 21 heavy (non-hydrogen) atoms. The Morgan fingerprint density at radius 3 is 2.71 bits per heavy atom. The van der Waals surface area contributed by atoms with E-state index in [2.05, 4.69) is 11.8 Å². The highest BCUT2D eigenvalue weighted by Crippen LogP contribution is 2.28. The molecular formula is C15H28N2O3S. The Hall–Kier alpha value is -0.170. The van der Waals surface area contributed by atoms with Crippen molar-refractivity contribution in [2.45, 2.75) is 63.6 Å². The molecule has 0 amide bonds. The zero-order chi connectivity index (χ0) is 14.9. The summed E-state index contributed by atoms with van der Waals surface area (Å²) in [4.78, 5) is 2.48. The molecule has 0 spiro atoms. The fourth-order valence-corrected chi connectivity index (χ4v) is 6.00. The van der Waals surface area contributed by atoms with Gasteiger partial charge in [0.2, 0.25) is 10.0 Å². The van der Waals surface area contributed by atoms with Crippen LogP contribution in [0.3, 0.4) is 0 Å². The first-order chi connectivity index (χ1) is 10.1. The van der Waals surface area contributed by atoms with Gasteiger partial charge in [-0.05, 0) is 45.1 Å². The number of sulfonamides is 1. The Kier molecular flexibility index (Phi) is 4.88. The molecule has 0 radical (unpaired) electrons. The van der Waals surface area contributed by atoms with Gasteiger partial charge >= 0.3 is 0 Å². The van der Waals surface area contributed by atoms with Crippen LogP contribution in [0.5, 0.6) is 0 Å². The van der Waals surface area contributed by atoms with E-state index in [0.29, 0.717) is 19.2 Å². The van der Waals surface area contributed by atoms with Gasteiger partial charge in [-0.1, -0.05) is 6.92 Å².